The van der Waals surface area contributed by atoms with Gasteiger partial charge >= 0.3 is 0 Å². The van der Waals surface area contributed by atoms with E-state index >= 15 is 0 Å². The van der Waals surface area contributed by atoms with Gasteiger partial charge in [-0.3, -0.25) is 9.69 Å². The van der Waals surface area contributed by atoms with Gasteiger partial charge in [0.1, 0.15) is 32.7 Å². The molecule has 2 N–H and O–H groups in total. The second-order valence-corrected chi connectivity index (χ2v) is 8.31. The summed E-state index contributed by atoms with van der Waals surface area (Å²) in [6.07, 6.45) is 0. The fourth-order valence-corrected chi connectivity index (χ4v) is 4.67. The first-order valence-electron chi connectivity index (χ1n) is 9.94. The number of hydrogen-bond acceptors (Lipinski definition) is 1. The molecule has 0 bridgehead atoms. The first kappa shape index (κ1) is 17.7. The van der Waals surface area contributed by atoms with E-state index in [0.29, 0.717) is 0 Å². The van der Waals surface area contributed by atoms with Gasteiger partial charge in [0, 0.05) is 16.0 Å². The summed E-state index contributed by atoms with van der Waals surface area (Å²) >= 11 is 5.99. The zero-order chi connectivity index (χ0) is 19.1. The number of hydrogen-bond donors (Lipinski definition) is 2. The average molecular weight is 394 g/mol. The quantitative estimate of drug-likeness (QED) is 0.689. The predicted octanol–water partition coefficient (Wildman–Crippen LogP) is 1.39. The van der Waals surface area contributed by atoms with Gasteiger partial charge in [0.2, 0.25) is 0 Å². The Morgan fingerprint density at radius 3 is 2.29 bits per heavy atom. The summed E-state index contributed by atoms with van der Waals surface area (Å²) < 4.78 is 0. The molecule has 2 heterocycles. The zero-order valence-corrected chi connectivity index (χ0v) is 16.5. The van der Waals surface area contributed by atoms with E-state index in [4.69, 9.17) is 11.6 Å². The maximum Gasteiger partial charge on any atom is 0.263 e. The molecular weight excluding hydrogens is 370 g/mol. The highest BCUT2D eigenvalue weighted by Crippen LogP contribution is 2.36. The molecule has 3 aromatic carbocycles. The largest absolute Gasteiger partial charge is 0.322 e. The molecule has 4 nitrogen and oxygen atoms in total. The highest BCUT2D eigenvalue weighted by Gasteiger charge is 2.33. The third-order valence-corrected chi connectivity index (χ3v) is 6.31. The molecule has 1 amide bonds. The molecule has 1 fully saturated rings. The first-order valence-corrected chi connectivity index (χ1v) is 10.3. The van der Waals surface area contributed by atoms with Crippen LogP contribution in [0.15, 0.2) is 60.7 Å². The molecular formula is C23H24ClN3O+2. The van der Waals surface area contributed by atoms with Crippen LogP contribution in [0, 0.1) is 0 Å². The Kier molecular flexibility index (Phi) is 4.55. The van der Waals surface area contributed by atoms with Gasteiger partial charge in [-0.05, 0) is 29.7 Å². The van der Waals surface area contributed by atoms with Crippen LogP contribution in [0.4, 0.5) is 5.69 Å². The minimum absolute atomic E-state index is 0.148. The van der Waals surface area contributed by atoms with Crippen molar-refractivity contribution >= 4 is 34.0 Å². The van der Waals surface area contributed by atoms with Crippen molar-refractivity contribution in [2.45, 2.75) is 6.54 Å². The Balaban J connectivity index is 1.24. The van der Waals surface area contributed by atoms with Crippen molar-refractivity contribution in [2.24, 2.45) is 0 Å². The minimum atomic E-state index is 0.148. The Labute approximate surface area is 169 Å². The lowest BCUT2D eigenvalue weighted by atomic mass is 10.1. The molecule has 0 radical (unpaired) electrons. The number of benzene rings is 3. The monoisotopic (exact) mass is 393 g/mol. The van der Waals surface area contributed by atoms with Crippen molar-refractivity contribution in [3.05, 3.63) is 76.8 Å². The second kappa shape index (κ2) is 7.21. The molecule has 0 atom stereocenters. The van der Waals surface area contributed by atoms with E-state index in [0.717, 1.165) is 66.4 Å². The maximum atomic E-state index is 13.0. The number of nitrogens with zero attached hydrogens (tertiary/aromatic N) is 1. The molecule has 5 heteroatoms. The van der Waals surface area contributed by atoms with Gasteiger partial charge in [0.25, 0.3) is 5.91 Å². The fourth-order valence-electron chi connectivity index (χ4n) is 4.54. The number of amides is 1. The summed E-state index contributed by atoms with van der Waals surface area (Å²) in [4.78, 5) is 18.0. The molecule has 0 aromatic heterocycles. The number of piperazine rings is 1. The van der Waals surface area contributed by atoms with Crippen LogP contribution < -0.4 is 14.7 Å². The lowest BCUT2D eigenvalue weighted by Gasteiger charge is -2.32. The molecule has 3 aromatic rings. The summed E-state index contributed by atoms with van der Waals surface area (Å²) in [5.74, 6) is 0.148. The minimum Gasteiger partial charge on any atom is -0.322 e. The molecule has 2 aliphatic heterocycles. The number of halogens is 1. The van der Waals surface area contributed by atoms with Gasteiger partial charge in [0.05, 0.1) is 11.3 Å². The Bertz CT molecular complexity index is 1020. The van der Waals surface area contributed by atoms with Crippen LogP contribution in [0.3, 0.4) is 0 Å². The predicted molar refractivity (Wildman–Crippen MR) is 112 cm³/mol. The van der Waals surface area contributed by atoms with Crippen molar-refractivity contribution in [3.8, 4) is 0 Å². The lowest BCUT2D eigenvalue weighted by Crippen LogP contribution is -3.28. The van der Waals surface area contributed by atoms with Crippen molar-refractivity contribution in [1.29, 1.82) is 0 Å². The molecule has 0 unspecified atom stereocenters. The van der Waals surface area contributed by atoms with Crippen LogP contribution in [0.1, 0.15) is 15.9 Å². The number of carbonyl (C=O) groups excluding carboxylic acids is 1. The Morgan fingerprint density at radius 1 is 0.857 bits per heavy atom. The van der Waals surface area contributed by atoms with Crippen LogP contribution in [0.2, 0.25) is 5.02 Å². The van der Waals surface area contributed by atoms with Crippen molar-refractivity contribution in [3.63, 3.8) is 0 Å². The van der Waals surface area contributed by atoms with E-state index in [1.165, 1.54) is 10.5 Å². The van der Waals surface area contributed by atoms with E-state index in [1.54, 1.807) is 4.90 Å². The molecule has 5 rings (SSSR count). The summed E-state index contributed by atoms with van der Waals surface area (Å²) in [5.41, 5.74) is 3.25. The van der Waals surface area contributed by atoms with E-state index in [2.05, 4.69) is 36.4 Å². The second-order valence-electron chi connectivity index (χ2n) is 7.88. The van der Waals surface area contributed by atoms with Gasteiger partial charge in [-0.1, -0.05) is 48.0 Å². The van der Waals surface area contributed by atoms with Gasteiger partial charge in [0.15, 0.2) is 6.67 Å². The highest BCUT2D eigenvalue weighted by molar-refractivity contribution is 6.30. The zero-order valence-electron chi connectivity index (χ0n) is 15.7. The third kappa shape index (κ3) is 3.18. The summed E-state index contributed by atoms with van der Waals surface area (Å²) in [7, 11) is 0. The number of carbonyl (C=O) groups is 1. The Hall–Kier alpha value is -2.40. The molecule has 142 valence electrons. The number of rotatable bonds is 4. The topological polar surface area (TPSA) is 29.2 Å². The highest BCUT2D eigenvalue weighted by atomic mass is 35.5. The van der Waals surface area contributed by atoms with Gasteiger partial charge < -0.3 is 9.80 Å². The van der Waals surface area contributed by atoms with Gasteiger partial charge in [-0.15, -0.1) is 0 Å². The Morgan fingerprint density at radius 2 is 1.54 bits per heavy atom. The third-order valence-electron chi connectivity index (χ3n) is 6.06. The molecule has 2 aliphatic rings. The molecule has 28 heavy (non-hydrogen) atoms. The molecule has 1 saturated heterocycles. The van der Waals surface area contributed by atoms with E-state index < -0.39 is 0 Å². The van der Waals surface area contributed by atoms with Gasteiger partial charge in [-0.25, -0.2) is 0 Å². The van der Waals surface area contributed by atoms with E-state index in [1.807, 2.05) is 29.2 Å². The van der Waals surface area contributed by atoms with Crippen LogP contribution in [0.25, 0.3) is 10.8 Å². The maximum absolute atomic E-state index is 13.0. The van der Waals surface area contributed by atoms with Crippen molar-refractivity contribution in [1.82, 2.24) is 0 Å². The van der Waals surface area contributed by atoms with E-state index in [9.17, 15) is 4.79 Å². The van der Waals surface area contributed by atoms with Crippen molar-refractivity contribution in [2.75, 3.05) is 37.7 Å². The number of nitrogens with one attached hydrogen (secondary N) is 2. The molecule has 0 aliphatic carbocycles. The summed E-state index contributed by atoms with van der Waals surface area (Å²) in [5, 5.41) is 3.05. The SMILES string of the molecule is O=C1c2cccc3cccc(c23)N1C[NH+]1CC[NH+](Cc2ccc(Cl)cc2)CC1. The summed E-state index contributed by atoms with van der Waals surface area (Å²) in [6, 6.07) is 20.4. The van der Waals surface area contributed by atoms with Crippen LogP contribution >= 0.6 is 11.6 Å². The summed E-state index contributed by atoms with van der Waals surface area (Å²) in [6.45, 7) is 6.20. The number of anilines is 1. The fraction of sp³-hybridized carbons (Fsp3) is 0.261. The molecule has 0 saturated carbocycles. The molecule has 0 spiro atoms. The smallest absolute Gasteiger partial charge is 0.263 e. The first-order chi connectivity index (χ1) is 13.7. The normalized spacial score (nSPS) is 21.5. The van der Waals surface area contributed by atoms with Crippen LogP contribution in [0.5, 0.6) is 0 Å². The van der Waals surface area contributed by atoms with Crippen LogP contribution in [-0.4, -0.2) is 38.8 Å². The lowest BCUT2D eigenvalue weighted by molar-refractivity contribution is -1.02. The standard InChI is InChI=1S/C23H22ClN3O/c24-19-9-7-17(8-10-19)15-25-11-13-26(14-12-25)16-27-21-6-2-4-18-3-1-5-20(22(18)21)23(27)28/h1-10H,11-16H2/p+2. The van der Waals surface area contributed by atoms with Crippen molar-refractivity contribution < 1.29 is 14.6 Å². The average Bonchev–Trinajstić information content (AvgIpc) is 2.99. The van der Waals surface area contributed by atoms with Gasteiger partial charge in [-0.2, -0.15) is 0 Å². The van der Waals surface area contributed by atoms with E-state index in [-0.39, 0.29) is 5.91 Å². The van der Waals surface area contributed by atoms with Crippen LogP contribution in [-0.2, 0) is 6.54 Å². The number of quaternary nitrogens is 2.